The molecule has 2 aliphatic rings. The number of hydrogen-bond donors (Lipinski definition) is 2. The van der Waals surface area contributed by atoms with Crippen molar-refractivity contribution in [2.75, 3.05) is 39.5 Å². The molecule has 2 aliphatic heterocycles. The van der Waals surface area contributed by atoms with Gasteiger partial charge in [0.05, 0.1) is 19.8 Å². The molecule has 0 aromatic heterocycles. The lowest BCUT2D eigenvalue weighted by Crippen LogP contribution is -2.53. The number of nitrogens with one attached hydrogen (secondary N) is 2. The molecule has 0 saturated carbocycles. The van der Waals surface area contributed by atoms with Crippen LogP contribution in [0.5, 0.6) is 0 Å². The van der Waals surface area contributed by atoms with Gasteiger partial charge in [0, 0.05) is 31.3 Å². The molecule has 14 heavy (non-hydrogen) atoms. The van der Waals surface area contributed by atoms with E-state index >= 15 is 0 Å². The summed E-state index contributed by atoms with van der Waals surface area (Å²) in [6, 6.07) is 0.459. The maximum absolute atomic E-state index is 5.40. The molecule has 0 aliphatic carbocycles. The van der Waals surface area contributed by atoms with Crippen LogP contribution in [0.3, 0.4) is 0 Å². The van der Waals surface area contributed by atoms with Gasteiger partial charge in [-0.25, -0.2) is 0 Å². The molecule has 0 spiro atoms. The van der Waals surface area contributed by atoms with Gasteiger partial charge in [0.2, 0.25) is 0 Å². The zero-order chi connectivity index (χ0) is 9.86. The van der Waals surface area contributed by atoms with Crippen molar-refractivity contribution in [3.05, 3.63) is 0 Å². The summed E-state index contributed by atoms with van der Waals surface area (Å²) in [5.74, 6) is 0. The molecular formula is C10H20N2O2. The lowest BCUT2D eigenvalue weighted by atomic mass is 10.0. The lowest BCUT2D eigenvalue weighted by Gasteiger charge is -2.29. The van der Waals surface area contributed by atoms with Crippen LogP contribution >= 0.6 is 0 Å². The van der Waals surface area contributed by atoms with Gasteiger partial charge in [-0.15, -0.1) is 0 Å². The van der Waals surface area contributed by atoms with Gasteiger partial charge in [0.15, 0.2) is 0 Å². The maximum atomic E-state index is 5.40. The first-order chi connectivity index (χ1) is 6.79. The van der Waals surface area contributed by atoms with Crippen LogP contribution in [-0.4, -0.2) is 51.1 Å². The molecule has 0 aromatic carbocycles. The molecule has 4 heteroatoms. The van der Waals surface area contributed by atoms with Crippen LogP contribution in [0.15, 0.2) is 0 Å². The van der Waals surface area contributed by atoms with Crippen LogP contribution < -0.4 is 10.6 Å². The Morgan fingerprint density at radius 3 is 3.00 bits per heavy atom. The molecule has 2 heterocycles. The van der Waals surface area contributed by atoms with Crippen LogP contribution in [0.25, 0.3) is 0 Å². The standard InChI is InChI=1S/C10H20N2O2/c1-10(2-4-14-8-10)12-6-9-7-13-5-3-11-9/h9,11-12H,2-8H2,1H3. The zero-order valence-electron chi connectivity index (χ0n) is 8.84. The second-order valence-corrected chi connectivity index (χ2v) is 4.47. The van der Waals surface area contributed by atoms with Crippen molar-refractivity contribution in [3.63, 3.8) is 0 Å². The molecule has 2 saturated heterocycles. The van der Waals surface area contributed by atoms with Gasteiger partial charge in [0.25, 0.3) is 0 Å². The normalized spacial score (nSPS) is 38.8. The SMILES string of the molecule is CC1(NCC2COCCN2)CCOC1. The summed E-state index contributed by atoms with van der Waals surface area (Å²) in [4.78, 5) is 0. The van der Waals surface area contributed by atoms with Gasteiger partial charge in [-0.2, -0.15) is 0 Å². The second-order valence-electron chi connectivity index (χ2n) is 4.47. The van der Waals surface area contributed by atoms with E-state index in [4.69, 9.17) is 9.47 Å². The highest BCUT2D eigenvalue weighted by Gasteiger charge is 2.29. The Morgan fingerprint density at radius 2 is 2.36 bits per heavy atom. The molecule has 2 atom stereocenters. The number of morpholine rings is 1. The molecule has 2 fully saturated rings. The van der Waals surface area contributed by atoms with Crippen molar-refractivity contribution in [2.45, 2.75) is 24.9 Å². The van der Waals surface area contributed by atoms with E-state index in [1.165, 1.54) is 0 Å². The molecule has 2 unspecified atom stereocenters. The molecule has 4 nitrogen and oxygen atoms in total. The third-order valence-electron chi connectivity index (χ3n) is 2.99. The zero-order valence-corrected chi connectivity index (χ0v) is 8.84. The van der Waals surface area contributed by atoms with Crippen molar-refractivity contribution in [3.8, 4) is 0 Å². The van der Waals surface area contributed by atoms with Crippen molar-refractivity contribution >= 4 is 0 Å². The van der Waals surface area contributed by atoms with Crippen LogP contribution in [0.4, 0.5) is 0 Å². The van der Waals surface area contributed by atoms with Crippen LogP contribution in [0.1, 0.15) is 13.3 Å². The Balaban J connectivity index is 1.70. The molecule has 82 valence electrons. The van der Waals surface area contributed by atoms with Crippen molar-refractivity contribution < 1.29 is 9.47 Å². The van der Waals surface area contributed by atoms with Crippen LogP contribution in [0, 0.1) is 0 Å². The summed E-state index contributed by atoms with van der Waals surface area (Å²) in [6.07, 6.45) is 1.11. The van der Waals surface area contributed by atoms with E-state index in [-0.39, 0.29) is 5.54 Å². The minimum Gasteiger partial charge on any atom is -0.379 e. The van der Waals surface area contributed by atoms with E-state index < -0.39 is 0 Å². The number of ether oxygens (including phenoxy) is 2. The summed E-state index contributed by atoms with van der Waals surface area (Å²) in [5, 5.41) is 6.99. The Kier molecular flexibility index (Phi) is 3.38. The Morgan fingerprint density at radius 1 is 1.43 bits per heavy atom. The highest BCUT2D eigenvalue weighted by atomic mass is 16.5. The minimum atomic E-state index is 0.180. The topological polar surface area (TPSA) is 42.5 Å². The summed E-state index contributed by atoms with van der Waals surface area (Å²) >= 11 is 0. The predicted molar refractivity (Wildman–Crippen MR) is 54.5 cm³/mol. The van der Waals surface area contributed by atoms with E-state index in [9.17, 15) is 0 Å². The summed E-state index contributed by atoms with van der Waals surface area (Å²) in [5.41, 5.74) is 0.180. The average Bonchev–Trinajstić information content (AvgIpc) is 2.65. The van der Waals surface area contributed by atoms with E-state index in [1.807, 2.05) is 0 Å². The quantitative estimate of drug-likeness (QED) is 0.659. The molecule has 2 N–H and O–H groups in total. The van der Waals surface area contributed by atoms with Crippen LogP contribution in [0.2, 0.25) is 0 Å². The lowest BCUT2D eigenvalue weighted by molar-refractivity contribution is 0.0731. The average molecular weight is 200 g/mol. The molecule has 0 radical (unpaired) electrons. The smallest absolute Gasteiger partial charge is 0.0646 e. The fraction of sp³-hybridized carbons (Fsp3) is 1.00. The van der Waals surface area contributed by atoms with Gasteiger partial charge >= 0.3 is 0 Å². The molecule has 0 amide bonds. The fourth-order valence-electron chi connectivity index (χ4n) is 1.93. The van der Waals surface area contributed by atoms with Crippen molar-refractivity contribution in [1.82, 2.24) is 10.6 Å². The molecule has 2 rings (SSSR count). The highest BCUT2D eigenvalue weighted by Crippen LogP contribution is 2.17. The summed E-state index contributed by atoms with van der Waals surface area (Å²) < 4.78 is 10.8. The molecule has 0 aromatic rings. The maximum Gasteiger partial charge on any atom is 0.0646 e. The van der Waals surface area contributed by atoms with Crippen LogP contribution in [-0.2, 0) is 9.47 Å². The Bertz CT molecular complexity index is 175. The third kappa shape index (κ3) is 2.67. The monoisotopic (exact) mass is 200 g/mol. The Labute approximate surface area is 85.3 Å². The summed E-state index contributed by atoms with van der Waals surface area (Å²) in [6.45, 7) is 7.56. The molecule has 0 bridgehead atoms. The predicted octanol–water partition coefficient (Wildman–Crippen LogP) is -0.257. The van der Waals surface area contributed by atoms with E-state index in [2.05, 4.69) is 17.6 Å². The van der Waals surface area contributed by atoms with Gasteiger partial charge in [-0.05, 0) is 13.3 Å². The van der Waals surface area contributed by atoms with E-state index in [1.54, 1.807) is 0 Å². The fourth-order valence-corrected chi connectivity index (χ4v) is 1.93. The highest BCUT2D eigenvalue weighted by molar-refractivity contribution is 4.88. The first-order valence-electron chi connectivity index (χ1n) is 5.42. The van der Waals surface area contributed by atoms with Gasteiger partial charge in [0.1, 0.15) is 0 Å². The van der Waals surface area contributed by atoms with E-state index in [0.29, 0.717) is 6.04 Å². The minimum absolute atomic E-state index is 0.180. The third-order valence-corrected chi connectivity index (χ3v) is 2.99. The number of rotatable bonds is 3. The van der Waals surface area contributed by atoms with Crippen molar-refractivity contribution in [1.29, 1.82) is 0 Å². The van der Waals surface area contributed by atoms with Gasteiger partial charge in [-0.3, -0.25) is 0 Å². The largest absolute Gasteiger partial charge is 0.379 e. The summed E-state index contributed by atoms with van der Waals surface area (Å²) in [7, 11) is 0. The van der Waals surface area contributed by atoms with Crippen molar-refractivity contribution in [2.24, 2.45) is 0 Å². The number of hydrogen-bond acceptors (Lipinski definition) is 4. The van der Waals surface area contributed by atoms with Gasteiger partial charge in [-0.1, -0.05) is 0 Å². The van der Waals surface area contributed by atoms with Gasteiger partial charge < -0.3 is 20.1 Å². The first kappa shape index (κ1) is 10.4. The first-order valence-corrected chi connectivity index (χ1v) is 5.42. The second kappa shape index (κ2) is 4.57. The Hall–Kier alpha value is -0.160. The van der Waals surface area contributed by atoms with E-state index in [0.717, 1.165) is 45.9 Å². The molecular weight excluding hydrogens is 180 g/mol.